The van der Waals surface area contributed by atoms with Crippen LogP contribution in [0.5, 0.6) is 0 Å². The molecule has 5 nitrogen and oxygen atoms in total. The van der Waals surface area contributed by atoms with E-state index in [9.17, 15) is 4.21 Å². The van der Waals surface area contributed by atoms with Gasteiger partial charge in [-0.05, 0) is 43.8 Å². The van der Waals surface area contributed by atoms with Crippen LogP contribution in [0.4, 0.5) is 0 Å². The number of nitrogens with one attached hydrogen (secondary N) is 1. The largest absolute Gasteiger partial charge is 0.355 e. The van der Waals surface area contributed by atoms with Gasteiger partial charge in [0.05, 0.1) is 0 Å². The van der Waals surface area contributed by atoms with Crippen LogP contribution >= 0.6 is 24.0 Å². The molecule has 1 N–H and O–H groups in total. The Morgan fingerprint density at radius 2 is 1.96 bits per heavy atom. The Labute approximate surface area is 183 Å². The molecule has 3 rings (SSSR count). The molecule has 2 aliphatic heterocycles. The summed E-state index contributed by atoms with van der Waals surface area (Å²) in [6.07, 6.45) is 3.97. The van der Waals surface area contributed by atoms with Gasteiger partial charge in [-0.15, -0.1) is 24.0 Å². The number of benzene rings is 1. The summed E-state index contributed by atoms with van der Waals surface area (Å²) in [5.74, 6) is 2.99. The molecule has 0 aliphatic carbocycles. The lowest BCUT2D eigenvalue weighted by atomic mass is 10.1. The Balaban J connectivity index is 0.00000261. The first-order chi connectivity index (χ1) is 12.7. The molecule has 0 spiro atoms. The molecule has 7 heteroatoms. The Bertz CT molecular complexity index is 607. The highest BCUT2D eigenvalue weighted by molar-refractivity contribution is 14.0. The quantitative estimate of drug-likeness (QED) is 0.353. The second-order valence-corrected chi connectivity index (χ2v) is 8.93. The number of hydrogen-bond donors (Lipinski definition) is 1. The Hall–Kier alpha value is -0.670. The van der Waals surface area contributed by atoms with Crippen molar-refractivity contribution in [2.24, 2.45) is 10.9 Å². The minimum Gasteiger partial charge on any atom is -0.355 e. The Morgan fingerprint density at radius 3 is 2.67 bits per heavy atom. The molecular weight excluding hydrogens is 471 g/mol. The van der Waals surface area contributed by atoms with Gasteiger partial charge in [-0.25, -0.2) is 0 Å². The molecule has 1 aromatic rings. The number of nitrogens with zero attached hydrogens (tertiary/aromatic N) is 3. The van der Waals surface area contributed by atoms with E-state index in [0.29, 0.717) is 18.1 Å². The van der Waals surface area contributed by atoms with Crippen molar-refractivity contribution in [3.8, 4) is 0 Å². The van der Waals surface area contributed by atoms with Crippen LogP contribution in [0.15, 0.2) is 35.3 Å². The maximum absolute atomic E-state index is 12.3. The van der Waals surface area contributed by atoms with Gasteiger partial charge in [0.1, 0.15) is 0 Å². The number of halogens is 1. The van der Waals surface area contributed by atoms with Crippen molar-refractivity contribution in [3.63, 3.8) is 0 Å². The van der Waals surface area contributed by atoms with Gasteiger partial charge < -0.3 is 15.1 Å². The van der Waals surface area contributed by atoms with Gasteiger partial charge in [-0.2, -0.15) is 0 Å². The van der Waals surface area contributed by atoms with Gasteiger partial charge in [0.25, 0.3) is 0 Å². The number of aliphatic imine (C=N–C) groups is 1. The standard InChI is InChI=1S/C20H32N4OS.HI/c1-21-20(22-10-14-26(25)17-18-7-3-2-4-8-18)24-13-9-19(16-24)15-23-11-5-6-12-23;/h2-4,7-8,19H,5-6,9-17H2,1H3,(H,21,22);1H. The zero-order chi connectivity index (χ0) is 18.2. The molecular formula is C20H33IN4OS. The highest BCUT2D eigenvalue weighted by Gasteiger charge is 2.27. The Morgan fingerprint density at radius 1 is 1.22 bits per heavy atom. The summed E-state index contributed by atoms with van der Waals surface area (Å²) in [7, 11) is 1.00. The fraction of sp³-hybridized carbons (Fsp3) is 0.650. The molecule has 2 atom stereocenters. The van der Waals surface area contributed by atoms with Crippen LogP contribution in [0.25, 0.3) is 0 Å². The van der Waals surface area contributed by atoms with Gasteiger partial charge in [0, 0.05) is 55.5 Å². The molecule has 0 radical (unpaired) electrons. The zero-order valence-electron chi connectivity index (χ0n) is 16.3. The van der Waals surface area contributed by atoms with Crippen LogP contribution in [0.3, 0.4) is 0 Å². The highest BCUT2D eigenvalue weighted by Crippen LogP contribution is 2.19. The monoisotopic (exact) mass is 504 g/mol. The minimum atomic E-state index is -0.844. The molecule has 0 amide bonds. The third kappa shape index (κ3) is 7.34. The fourth-order valence-corrected chi connectivity index (χ4v) is 4.98. The van der Waals surface area contributed by atoms with Crippen molar-refractivity contribution in [1.29, 1.82) is 0 Å². The van der Waals surface area contributed by atoms with E-state index in [0.717, 1.165) is 30.5 Å². The predicted octanol–water partition coefficient (Wildman–Crippen LogP) is 2.55. The van der Waals surface area contributed by atoms with Crippen LogP contribution in [0.2, 0.25) is 0 Å². The smallest absolute Gasteiger partial charge is 0.193 e. The van der Waals surface area contributed by atoms with Gasteiger partial charge in [0.2, 0.25) is 0 Å². The zero-order valence-corrected chi connectivity index (χ0v) is 19.5. The molecule has 2 unspecified atom stereocenters. The van der Waals surface area contributed by atoms with E-state index < -0.39 is 10.8 Å². The number of likely N-dealkylation sites (tertiary alicyclic amines) is 2. The van der Waals surface area contributed by atoms with E-state index in [1.54, 1.807) is 0 Å². The molecule has 0 bridgehead atoms. The average Bonchev–Trinajstić information content (AvgIpc) is 3.32. The van der Waals surface area contributed by atoms with Crippen LogP contribution in [-0.4, -0.2) is 72.0 Å². The maximum Gasteiger partial charge on any atom is 0.193 e. The lowest BCUT2D eigenvalue weighted by Crippen LogP contribution is -2.42. The normalized spacial score (nSPS) is 21.9. The van der Waals surface area contributed by atoms with Gasteiger partial charge in [-0.3, -0.25) is 9.20 Å². The van der Waals surface area contributed by atoms with Crippen LogP contribution in [-0.2, 0) is 16.6 Å². The van der Waals surface area contributed by atoms with Crippen LogP contribution < -0.4 is 5.32 Å². The molecule has 2 heterocycles. The summed E-state index contributed by atoms with van der Waals surface area (Å²) in [5, 5.41) is 3.41. The van der Waals surface area contributed by atoms with E-state index in [1.807, 2.05) is 37.4 Å². The maximum atomic E-state index is 12.3. The molecule has 0 saturated carbocycles. The van der Waals surface area contributed by atoms with Crippen molar-refractivity contribution in [3.05, 3.63) is 35.9 Å². The molecule has 152 valence electrons. The average molecular weight is 504 g/mol. The molecule has 2 saturated heterocycles. The van der Waals surface area contributed by atoms with E-state index in [-0.39, 0.29) is 24.0 Å². The number of hydrogen-bond acceptors (Lipinski definition) is 3. The van der Waals surface area contributed by atoms with E-state index in [4.69, 9.17) is 0 Å². The van der Waals surface area contributed by atoms with Crippen molar-refractivity contribution in [1.82, 2.24) is 15.1 Å². The summed E-state index contributed by atoms with van der Waals surface area (Å²) in [6, 6.07) is 10.1. The number of rotatable bonds is 7. The van der Waals surface area contributed by atoms with E-state index in [2.05, 4.69) is 20.1 Å². The number of guanidine groups is 1. The van der Waals surface area contributed by atoms with Crippen LogP contribution in [0.1, 0.15) is 24.8 Å². The molecule has 1 aromatic carbocycles. The van der Waals surface area contributed by atoms with Crippen molar-refractivity contribution in [2.45, 2.75) is 25.0 Å². The minimum absolute atomic E-state index is 0. The second kappa shape index (κ2) is 12.0. The summed E-state index contributed by atoms with van der Waals surface area (Å²) in [4.78, 5) is 9.41. The summed E-state index contributed by atoms with van der Waals surface area (Å²) >= 11 is 0. The second-order valence-electron chi connectivity index (χ2n) is 7.36. The van der Waals surface area contributed by atoms with Crippen molar-refractivity contribution < 1.29 is 4.21 Å². The Kier molecular flexibility index (Phi) is 10.1. The topological polar surface area (TPSA) is 47.9 Å². The van der Waals surface area contributed by atoms with Crippen molar-refractivity contribution in [2.75, 3.05) is 52.1 Å². The first-order valence-corrected chi connectivity index (χ1v) is 11.3. The first-order valence-electron chi connectivity index (χ1n) is 9.81. The molecule has 2 aliphatic rings. The van der Waals surface area contributed by atoms with E-state index in [1.165, 1.54) is 38.9 Å². The van der Waals surface area contributed by atoms with Gasteiger partial charge >= 0.3 is 0 Å². The SMILES string of the molecule is CN=C(NCCS(=O)Cc1ccccc1)N1CCC(CN2CCCC2)C1.I. The molecule has 27 heavy (non-hydrogen) atoms. The molecule has 2 fully saturated rings. The van der Waals surface area contributed by atoms with E-state index >= 15 is 0 Å². The highest BCUT2D eigenvalue weighted by atomic mass is 127. The lowest BCUT2D eigenvalue weighted by Gasteiger charge is -2.23. The summed E-state index contributed by atoms with van der Waals surface area (Å²) in [5.41, 5.74) is 1.14. The van der Waals surface area contributed by atoms with Gasteiger partial charge in [0.15, 0.2) is 5.96 Å². The lowest BCUT2D eigenvalue weighted by molar-refractivity contribution is 0.281. The van der Waals surface area contributed by atoms with Crippen molar-refractivity contribution >= 4 is 40.7 Å². The predicted molar refractivity (Wildman–Crippen MR) is 125 cm³/mol. The van der Waals surface area contributed by atoms with Gasteiger partial charge in [-0.1, -0.05) is 30.3 Å². The summed E-state index contributed by atoms with van der Waals surface area (Å²) in [6.45, 7) is 6.65. The van der Waals surface area contributed by atoms with Crippen LogP contribution in [0, 0.1) is 5.92 Å². The summed E-state index contributed by atoms with van der Waals surface area (Å²) < 4.78 is 12.3. The molecule has 0 aromatic heterocycles. The first kappa shape index (κ1) is 22.6. The fourth-order valence-electron chi connectivity index (χ4n) is 3.95. The third-order valence-electron chi connectivity index (χ3n) is 5.30. The third-order valence-corrected chi connectivity index (χ3v) is 6.61.